The number of halogens is 2. The summed E-state index contributed by atoms with van der Waals surface area (Å²) in [6, 6.07) is 12.9. The molecule has 2 aliphatic carbocycles. The number of hydrogen-bond acceptors (Lipinski definition) is 7. The van der Waals surface area contributed by atoms with Gasteiger partial charge in [-0.15, -0.1) is 0 Å². The van der Waals surface area contributed by atoms with Crippen molar-refractivity contribution in [3.8, 4) is 5.75 Å². The van der Waals surface area contributed by atoms with E-state index in [4.69, 9.17) is 32.4 Å². The van der Waals surface area contributed by atoms with E-state index in [1.54, 1.807) is 6.07 Å². The van der Waals surface area contributed by atoms with Gasteiger partial charge in [-0.2, -0.15) is 5.01 Å². The topological polar surface area (TPSA) is 114 Å². The number of Topliss-reactive ketones (excluding diaryl/α,β-unsaturated/α-hetero) is 1. The molecule has 40 heavy (non-hydrogen) atoms. The summed E-state index contributed by atoms with van der Waals surface area (Å²) in [5, 5.41) is 2.12. The molecule has 3 amide bonds. The highest BCUT2D eigenvalue weighted by Gasteiger charge is 2.62. The Morgan fingerprint density at radius 1 is 0.900 bits per heavy atom. The van der Waals surface area contributed by atoms with E-state index in [1.807, 2.05) is 0 Å². The number of nitrogens with zero attached hydrogens (tertiary/aromatic N) is 2. The zero-order chi connectivity index (χ0) is 28.1. The molecule has 4 atom stereocenters. The van der Waals surface area contributed by atoms with Crippen molar-refractivity contribution >= 4 is 52.7 Å². The highest BCUT2D eigenvalue weighted by Crippen LogP contribution is 2.56. The van der Waals surface area contributed by atoms with Gasteiger partial charge in [0, 0.05) is 11.1 Å². The van der Waals surface area contributed by atoms with Gasteiger partial charge in [-0.1, -0.05) is 23.2 Å². The van der Waals surface area contributed by atoms with E-state index in [-0.39, 0.29) is 44.5 Å². The predicted molar refractivity (Wildman–Crippen MR) is 142 cm³/mol. The van der Waals surface area contributed by atoms with Gasteiger partial charge in [-0.25, -0.2) is 9.80 Å². The summed E-state index contributed by atoms with van der Waals surface area (Å²) in [6.45, 7) is -0.573. The third-order valence-electron chi connectivity index (χ3n) is 7.95. The smallest absolute Gasteiger partial charge is 0.379 e. The molecule has 2 bridgehead atoms. The number of hydrogen-bond donors (Lipinski definition) is 0. The number of esters is 1. The van der Waals surface area contributed by atoms with Crippen molar-refractivity contribution in [3.63, 3.8) is 0 Å². The van der Waals surface area contributed by atoms with Crippen molar-refractivity contribution in [1.29, 1.82) is 0 Å². The molecule has 1 aliphatic heterocycles. The van der Waals surface area contributed by atoms with E-state index < -0.39 is 47.9 Å². The first-order valence-electron chi connectivity index (χ1n) is 12.8. The van der Waals surface area contributed by atoms with E-state index in [0.29, 0.717) is 0 Å². The number of fused-ring (bicyclic) bond motifs is 5. The Bertz CT molecular complexity index is 1510. The van der Waals surface area contributed by atoms with E-state index in [9.17, 15) is 24.0 Å². The summed E-state index contributed by atoms with van der Waals surface area (Å²) in [6.07, 6.45) is 3.92. The second-order valence-electron chi connectivity index (χ2n) is 10.2. The molecular weight excluding hydrogens is 559 g/mol. The molecule has 0 unspecified atom stereocenters. The number of furan rings is 1. The van der Waals surface area contributed by atoms with Crippen LogP contribution in [0.5, 0.6) is 5.75 Å². The van der Waals surface area contributed by atoms with Gasteiger partial charge in [0.1, 0.15) is 12.3 Å². The maximum absolute atomic E-state index is 13.7. The Balaban J connectivity index is 1.26. The summed E-state index contributed by atoms with van der Waals surface area (Å²) in [4.78, 5) is 66.3. The van der Waals surface area contributed by atoms with Crippen molar-refractivity contribution in [3.05, 3.63) is 87.8 Å². The van der Waals surface area contributed by atoms with Crippen molar-refractivity contribution in [1.82, 2.24) is 10.0 Å². The zero-order valence-electron chi connectivity index (χ0n) is 20.9. The third-order valence-corrected chi connectivity index (χ3v) is 8.69. The van der Waals surface area contributed by atoms with E-state index in [2.05, 4.69) is 0 Å². The molecule has 0 N–H and O–H groups in total. The monoisotopic (exact) mass is 580 g/mol. The van der Waals surface area contributed by atoms with Crippen molar-refractivity contribution in [2.75, 3.05) is 6.54 Å². The number of benzene rings is 2. The lowest BCUT2D eigenvalue weighted by atomic mass is 9.81. The number of imide groups is 1. The second kappa shape index (κ2) is 10.2. The summed E-state index contributed by atoms with van der Waals surface area (Å²) in [5.41, 5.74) is 0.257. The van der Waals surface area contributed by atoms with Crippen LogP contribution in [0.1, 0.15) is 50.5 Å². The van der Waals surface area contributed by atoms with Crippen LogP contribution in [0.2, 0.25) is 10.0 Å². The second-order valence-corrected chi connectivity index (χ2v) is 11.0. The molecule has 2 aromatic carbocycles. The number of carbonyl (C=O) groups is 5. The van der Waals surface area contributed by atoms with E-state index >= 15 is 0 Å². The molecule has 0 spiro atoms. The highest BCUT2D eigenvalue weighted by molar-refractivity contribution is 6.42. The first-order chi connectivity index (χ1) is 19.2. The summed E-state index contributed by atoms with van der Waals surface area (Å²) in [5.74, 6) is -3.43. The molecule has 11 heteroatoms. The van der Waals surface area contributed by atoms with E-state index in [1.165, 1.54) is 54.8 Å². The van der Waals surface area contributed by atoms with Gasteiger partial charge in [0.05, 0.1) is 28.1 Å². The van der Waals surface area contributed by atoms with Gasteiger partial charge in [-0.3, -0.25) is 19.2 Å². The number of ketones is 1. The lowest BCUT2D eigenvalue weighted by Crippen LogP contribution is -2.52. The molecule has 3 aliphatic rings. The maximum atomic E-state index is 13.7. The van der Waals surface area contributed by atoms with Crippen LogP contribution >= 0.6 is 23.2 Å². The fourth-order valence-corrected chi connectivity index (χ4v) is 6.43. The Morgan fingerprint density at radius 3 is 2.15 bits per heavy atom. The lowest BCUT2D eigenvalue weighted by molar-refractivity contribution is -0.155. The fourth-order valence-electron chi connectivity index (χ4n) is 6.13. The number of amides is 3. The zero-order valence-corrected chi connectivity index (χ0v) is 22.4. The van der Waals surface area contributed by atoms with Crippen LogP contribution in [0.3, 0.4) is 0 Å². The van der Waals surface area contributed by atoms with Crippen LogP contribution in [0.4, 0.5) is 0 Å². The summed E-state index contributed by atoms with van der Waals surface area (Å²) >= 11 is 12.1. The average molecular weight is 581 g/mol. The van der Waals surface area contributed by atoms with Crippen LogP contribution < -0.4 is 4.74 Å². The third kappa shape index (κ3) is 4.49. The minimum absolute atomic E-state index is 0.0229. The van der Waals surface area contributed by atoms with Gasteiger partial charge < -0.3 is 9.15 Å². The van der Waals surface area contributed by atoms with Gasteiger partial charge in [0.25, 0.3) is 17.7 Å². The molecule has 3 aromatic rings. The lowest BCUT2D eigenvalue weighted by Gasteiger charge is -2.31. The van der Waals surface area contributed by atoms with Crippen LogP contribution in [-0.4, -0.2) is 46.0 Å². The number of ether oxygens (including phenoxy) is 1. The van der Waals surface area contributed by atoms with Crippen LogP contribution in [0.15, 0.2) is 65.3 Å². The van der Waals surface area contributed by atoms with Crippen LogP contribution in [-0.2, 0) is 9.59 Å². The number of hydrazine groups is 1. The van der Waals surface area contributed by atoms with Crippen LogP contribution in [0, 0.1) is 23.7 Å². The first-order valence-corrected chi connectivity index (χ1v) is 13.5. The molecular formula is C29H22Cl2N2O7. The summed E-state index contributed by atoms with van der Waals surface area (Å²) in [7, 11) is 0. The van der Waals surface area contributed by atoms with Gasteiger partial charge in [-0.05, 0) is 85.7 Å². The van der Waals surface area contributed by atoms with Crippen LogP contribution in [0.25, 0.3) is 0 Å². The molecule has 204 valence electrons. The quantitative estimate of drug-likeness (QED) is 0.166. The first kappa shape index (κ1) is 26.3. The maximum Gasteiger partial charge on any atom is 0.379 e. The van der Waals surface area contributed by atoms with Gasteiger partial charge in [0.2, 0.25) is 5.76 Å². The Kier molecular flexibility index (Phi) is 6.72. The molecule has 0 radical (unpaired) electrons. The molecule has 1 aromatic heterocycles. The minimum Gasteiger partial charge on any atom is -0.457 e. The fraction of sp³-hybridized carbons (Fsp3) is 0.276. The minimum atomic E-state index is -0.732. The molecule has 2 heterocycles. The number of carbonyl (C=O) groups excluding carboxylic acids is 5. The summed E-state index contributed by atoms with van der Waals surface area (Å²) < 4.78 is 10.3. The van der Waals surface area contributed by atoms with Gasteiger partial charge in [0.15, 0.2) is 5.78 Å². The molecule has 6 rings (SSSR count). The molecule has 9 nitrogen and oxygen atoms in total. The largest absolute Gasteiger partial charge is 0.457 e. The Morgan fingerprint density at radius 2 is 1.55 bits per heavy atom. The normalized spacial score (nSPS) is 22.9. The Hall–Kier alpha value is -3.95. The average Bonchev–Trinajstić information content (AvgIpc) is 3.75. The van der Waals surface area contributed by atoms with Crippen molar-refractivity contribution in [2.24, 2.45) is 23.7 Å². The SMILES string of the molecule is O=C(CN(C(=O)c1ccc(Cl)c(Cl)c1)N1C(=O)[C@@H]2[C@H]3CC[C@@H](C3)[C@@H]2C1=O)c1ccc(OC(=O)c2ccco2)cc1. The standard InChI is InChI=1S/C29H22Cl2N2O7/c30-20-10-7-18(13-21(20)31)26(35)32(33-27(36)24-16-3-4-17(12-16)25(24)28(33)37)14-22(34)15-5-8-19(9-6-15)40-29(38)23-2-1-11-39-23/h1-2,5-11,13,16-17,24-25H,3-4,12,14H2/t16-,17-,24-,25+/m0/s1. The molecule has 1 saturated heterocycles. The molecule has 3 fully saturated rings. The van der Waals surface area contributed by atoms with Gasteiger partial charge >= 0.3 is 5.97 Å². The Labute approximate surface area is 238 Å². The van der Waals surface area contributed by atoms with E-state index in [0.717, 1.165) is 29.3 Å². The number of rotatable bonds is 7. The molecule has 2 saturated carbocycles. The van der Waals surface area contributed by atoms with Crippen molar-refractivity contribution in [2.45, 2.75) is 19.3 Å². The highest BCUT2D eigenvalue weighted by atomic mass is 35.5. The predicted octanol–water partition coefficient (Wildman–Crippen LogP) is 5.08. The van der Waals surface area contributed by atoms with Crippen molar-refractivity contribution < 1.29 is 33.1 Å².